The molecular formula is C17H17Cl2NO3S. The fourth-order valence-electron chi connectivity index (χ4n) is 2.83. The van der Waals surface area contributed by atoms with Crippen LogP contribution in [-0.4, -0.2) is 24.0 Å². The molecule has 1 atom stereocenters. The zero-order valence-electron chi connectivity index (χ0n) is 13.1. The molecule has 2 aromatic rings. The summed E-state index contributed by atoms with van der Waals surface area (Å²) in [6, 6.07) is 5.42. The number of amides is 1. The van der Waals surface area contributed by atoms with Gasteiger partial charge in [0.1, 0.15) is 4.88 Å². The molecule has 24 heavy (non-hydrogen) atoms. The first kappa shape index (κ1) is 17.5. The number of carbonyl (C=O) groups excluding carboxylic acids is 2. The largest absolute Gasteiger partial charge is 0.448 e. The molecule has 1 heterocycles. The van der Waals surface area contributed by atoms with E-state index < -0.39 is 12.1 Å². The monoisotopic (exact) mass is 385 g/mol. The minimum Gasteiger partial charge on any atom is -0.448 e. The van der Waals surface area contributed by atoms with Crippen molar-refractivity contribution in [3.63, 3.8) is 0 Å². The number of hydrogen-bond donors (Lipinski definition) is 1. The summed E-state index contributed by atoms with van der Waals surface area (Å²) in [6.45, 7) is 1.57. The van der Waals surface area contributed by atoms with Crippen molar-refractivity contribution in [3.8, 4) is 0 Å². The van der Waals surface area contributed by atoms with E-state index in [1.807, 2.05) is 0 Å². The lowest BCUT2D eigenvalue weighted by Crippen LogP contribution is -2.40. The van der Waals surface area contributed by atoms with Gasteiger partial charge in [-0.3, -0.25) is 4.79 Å². The molecule has 1 fully saturated rings. The van der Waals surface area contributed by atoms with Crippen molar-refractivity contribution in [2.75, 3.05) is 0 Å². The number of esters is 1. The second-order valence-electron chi connectivity index (χ2n) is 5.92. The molecule has 1 aromatic carbocycles. The van der Waals surface area contributed by atoms with Gasteiger partial charge in [-0.25, -0.2) is 4.79 Å². The van der Waals surface area contributed by atoms with Crippen LogP contribution in [-0.2, 0) is 9.53 Å². The molecule has 0 unspecified atom stereocenters. The molecule has 4 nitrogen and oxygen atoms in total. The molecule has 7 heteroatoms. The van der Waals surface area contributed by atoms with Crippen LogP contribution in [0.1, 0.15) is 42.3 Å². The van der Waals surface area contributed by atoms with Crippen LogP contribution in [0.4, 0.5) is 0 Å². The van der Waals surface area contributed by atoms with Gasteiger partial charge in [0, 0.05) is 21.2 Å². The van der Waals surface area contributed by atoms with E-state index in [9.17, 15) is 9.59 Å². The third kappa shape index (κ3) is 3.68. The van der Waals surface area contributed by atoms with Crippen molar-refractivity contribution in [3.05, 3.63) is 33.1 Å². The van der Waals surface area contributed by atoms with Gasteiger partial charge in [-0.05, 0) is 31.9 Å². The Kier molecular flexibility index (Phi) is 5.33. The molecule has 0 spiro atoms. The molecule has 0 bridgehead atoms. The molecular weight excluding hydrogens is 369 g/mol. The quantitative estimate of drug-likeness (QED) is 0.767. The van der Waals surface area contributed by atoms with E-state index >= 15 is 0 Å². The minimum atomic E-state index is -0.858. The van der Waals surface area contributed by atoms with Gasteiger partial charge in [0.25, 0.3) is 5.91 Å². The summed E-state index contributed by atoms with van der Waals surface area (Å²) < 4.78 is 6.10. The Balaban J connectivity index is 1.69. The predicted octanol–water partition coefficient (Wildman–Crippen LogP) is 4.81. The van der Waals surface area contributed by atoms with Crippen molar-refractivity contribution in [2.45, 2.75) is 44.8 Å². The Hall–Kier alpha value is -1.30. The van der Waals surface area contributed by atoms with Crippen LogP contribution in [0.25, 0.3) is 10.1 Å². The summed E-state index contributed by atoms with van der Waals surface area (Å²) >= 11 is 13.4. The first-order chi connectivity index (χ1) is 11.5. The van der Waals surface area contributed by atoms with Crippen molar-refractivity contribution < 1.29 is 14.3 Å². The summed E-state index contributed by atoms with van der Waals surface area (Å²) in [4.78, 5) is 24.8. The number of benzene rings is 1. The SMILES string of the molecule is C[C@H](OC(=O)c1sc2cc(Cl)ccc2c1Cl)C(=O)NC1CCCC1. The molecule has 128 valence electrons. The standard InChI is InChI=1S/C17H17Cl2NO3S/c1-9(16(21)20-11-4-2-3-5-11)23-17(22)15-14(19)12-7-6-10(18)8-13(12)24-15/h6-9,11H,2-5H2,1H3,(H,20,21)/t9-/m0/s1. The lowest BCUT2D eigenvalue weighted by atomic mass is 10.2. The van der Waals surface area contributed by atoms with E-state index in [1.54, 1.807) is 25.1 Å². The van der Waals surface area contributed by atoms with E-state index in [-0.39, 0.29) is 16.8 Å². The highest BCUT2D eigenvalue weighted by Crippen LogP contribution is 2.37. The molecule has 1 N–H and O–H groups in total. The van der Waals surface area contributed by atoms with Crippen molar-refractivity contribution in [1.29, 1.82) is 0 Å². The Labute approximate surface area is 154 Å². The summed E-state index contributed by atoms with van der Waals surface area (Å²) in [5.74, 6) is -0.859. The topological polar surface area (TPSA) is 55.4 Å². The second kappa shape index (κ2) is 7.30. The van der Waals surface area contributed by atoms with Gasteiger partial charge in [0.15, 0.2) is 6.10 Å². The zero-order chi connectivity index (χ0) is 17.3. The van der Waals surface area contributed by atoms with Gasteiger partial charge in [0.05, 0.1) is 5.02 Å². The van der Waals surface area contributed by atoms with Gasteiger partial charge in [-0.15, -0.1) is 11.3 Å². The molecule has 3 rings (SSSR count). The molecule has 0 saturated heterocycles. The van der Waals surface area contributed by atoms with Gasteiger partial charge >= 0.3 is 5.97 Å². The van der Waals surface area contributed by atoms with Gasteiger partial charge in [-0.2, -0.15) is 0 Å². The summed E-state index contributed by atoms with van der Waals surface area (Å²) in [6.07, 6.45) is 3.35. The van der Waals surface area contributed by atoms with Crippen LogP contribution < -0.4 is 5.32 Å². The molecule has 1 aliphatic carbocycles. The van der Waals surface area contributed by atoms with Gasteiger partial charge < -0.3 is 10.1 Å². The maximum Gasteiger partial charge on any atom is 0.350 e. The Bertz CT molecular complexity index is 783. The average molecular weight is 386 g/mol. The van der Waals surface area contributed by atoms with Crippen LogP contribution in [0.2, 0.25) is 10.0 Å². The molecule has 0 radical (unpaired) electrons. The molecule has 1 aromatic heterocycles. The number of rotatable bonds is 4. The van der Waals surface area contributed by atoms with Crippen molar-refractivity contribution >= 4 is 56.5 Å². The molecule has 1 saturated carbocycles. The minimum absolute atomic E-state index is 0.189. The Morgan fingerprint density at radius 3 is 2.71 bits per heavy atom. The maximum atomic E-state index is 12.4. The van der Waals surface area contributed by atoms with Crippen LogP contribution in [0, 0.1) is 0 Å². The highest BCUT2D eigenvalue weighted by molar-refractivity contribution is 7.21. The number of hydrogen-bond acceptors (Lipinski definition) is 4. The first-order valence-electron chi connectivity index (χ1n) is 7.84. The van der Waals surface area contributed by atoms with Crippen molar-refractivity contribution in [1.82, 2.24) is 5.32 Å². The predicted molar refractivity (Wildman–Crippen MR) is 97.1 cm³/mol. The number of nitrogens with one attached hydrogen (secondary N) is 1. The summed E-state index contributed by atoms with van der Waals surface area (Å²) in [5.41, 5.74) is 0. The van der Waals surface area contributed by atoms with Crippen LogP contribution >= 0.6 is 34.5 Å². The van der Waals surface area contributed by atoms with Crippen LogP contribution in [0.15, 0.2) is 18.2 Å². The number of halogens is 2. The van der Waals surface area contributed by atoms with Crippen LogP contribution in [0.3, 0.4) is 0 Å². The average Bonchev–Trinajstić information content (AvgIpc) is 3.15. The van der Waals surface area contributed by atoms with E-state index in [1.165, 1.54) is 11.3 Å². The smallest absolute Gasteiger partial charge is 0.350 e. The zero-order valence-corrected chi connectivity index (χ0v) is 15.4. The third-order valence-corrected chi connectivity index (χ3v) is 6.00. The Morgan fingerprint density at radius 1 is 1.29 bits per heavy atom. The highest BCUT2D eigenvalue weighted by Gasteiger charge is 2.26. The van der Waals surface area contributed by atoms with Crippen LogP contribution in [0.5, 0.6) is 0 Å². The number of carbonyl (C=O) groups is 2. The lowest BCUT2D eigenvalue weighted by Gasteiger charge is -2.16. The summed E-state index contributed by atoms with van der Waals surface area (Å²) in [5, 5.41) is 4.58. The third-order valence-electron chi connectivity index (χ3n) is 4.13. The highest BCUT2D eigenvalue weighted by atomic mass is 35.5. The lowest BCUT2D eigenvalue weighted by molar-refractivity contribution is -0.129. The number of thiophene rings is 1. The van der Waals surface area contributed by atoms with Gasteiger partial charge in [-0.1, -0.05) is 42.1 Å². The maximum absolute atomic E-state index is 12.4. The fraction of sp³-hybridized carbons (Fsp3) is 0.412. The molecule has 1 amide bonds. The second-order valence-corrected chi connectivity index (χ2v) is 7.79. The summed E-state index contributed by atoms with van der Waals surface area (Å²) in [7, 11) is 0. The van der Waals surface area contributed by atoms with E-state index in [0.29, 0.717) is 10.0 Å². The van der Waals surface area contributed by atoms with Gasteiger partial charge in [0.2, 0.25) is 0 Å². The van der Waals surface area contributed by atoms with E-state index in [2.05, 4.69) is 5.32 Å². The Morgan fingerprint density at radius 2 is 2.00 bits per heavy atom. The van der Waals surface area contributed by atoms with E-state index in [4.69, 9.17) is 27.9 Å². The normalized spacial score (nSPS) is 16.3. The van der Waals surface area contributed by atoms with E-state index in [0.717, 1.165) is 35.8 Å². The fourth-order valence-corrected chi connectivity index (χ4v) is 4.49. The molecule has 1 aliphatic rings. The first-order valence-corrected chi connectivity index (χ1v) is 9.42. The van der Waals surface area contributed by atoms with Crippen molar-refractivity contribution in [2.24, 2.45) is 0 Å². The molecule has 0 aliphatic heterocycles. The number of ether oxygens (including phenoxy) is 1. The number of fused-ring (bicyclic) bond motifs is 1.